The number of anilines is 1. The molecule has 1 aromatic carbocycles. The lowest BCUT2D eigenvalue weighted by atomic mass is 10.1. The van der Waals surface area contributed by atoms with Gasteiger partial charge in [0.25, 0.3) is 5.69 Å². The highest BCUT2D eigenvalue weighted by atomic mass is 16.6. The van der Waals surface area contributed by atoms with E-state index in [1.807, 2.05) is 13.0 Å². The van der Waals surface area contributed by atoms with E-state index in [0.29, 0.717) is 11.3 Å². The number of nitro benzene ring substituents is 1. The van der Waals surface area contributed by atoms with Crippen molar-refractivity contribution >= 4 is 22.1 Å². The zero-order valence-corrected chi connectivity index (χ0v) is 12.3. The monoisotopic (exact) mass is 285 g/mol. The normalized spacial score (nSPS) is 15.9. The maximum absolute atomic E-state index is 11.1. The summed E-state index contributed by atoms with van der Waals surface area (Å²) >= 11 is 0. The van der Waals surface area contributed by atoms with Crippen molar-refractivity contribution in [1.29, 1.82) is 0 Å². The Balaban J connectivity index is 1.95. The largest absolute Gasteiger partial charge is 0.384 e. The summed E-state index contributed by atoms with van der Waals surface area (Å²) < 4.78 is 0. The summed E-state index contributed by atoms with van der Waals surface area (Å²) in [4.78, 5) is 15.0. The first-order valence-electron chi connectivity index (χ1n) is 7.34. The van der Waals surface area contributed by atoms with E-state index in [2.05, 4.69) is 17.2 Å². The molecule has 1 aliphatic carbocycles. The molecule has 1 unspecified atom stereocenters. The van der Waals surface area contributed by atoms with Crippen LogP contribution in [0, 0.1) is 28.9 Å². The number of rotatable bonds is 5. The molecule has 1 atom stereocenters. The maximum Gasteiger partial charge on any atom is 0.278 e. The fourth-order valence-electron chi connectivity index (χ4n) is 2.74. The molecule has 3 rings (SSSR count). The van der Waals surface area contributed by atoms with Crippen LogP contribution in [0.25, 0.3) is 10.8 Å². The first kappa shape index (κ1) is 13.8. The van der Waals surface area contributed by atoms with Gasteiger partial charge in [0.05, 0.1) is 10.3 Å². The van der Waals surface area contributed by atoms with Gasteiger partial charge in [-0.25, -0.2) is 0 Å². The lowest BCUT2D eigenvalue weighted by Gasteiger charge is -2.14. The Morgan fingerprint density at radius 1 is 1.43 bits per heavy atom. The fraction of sp³-hybridized carbons (Fsp3) is 0.438. The predicted molar refractivity (Wildman–Crippen MR) is 83.5 cm³/mol. The zero-order valence-electron chi connectivity index (χ0n) is 12.3. The summed E-state index contributed by atoms with van der Waals surface area (Å²) in [6.45, 7) is 5.05. The number of fused-ring (bicyclic) bond motifs is 1. The van der Waals surface area contributed by atoms with Crippen molar-refractivity contribution in [2.45, 2.75) is 26.7 Å². The Labute approximate surface area is 123 Å². The highest BCUT2D eigenvalue weighted by Gasteiger charge is 2.27. The minimum atomic E-state index is -0.351. The highest BCUT2D eigenvalue weighted by Crippen LogP contribution is 2.37. The van der Waals surface area contributed by atoms with Gasteiger partial charge in [-0.05, 0) is 43.7 Å². The van der Waals surface area contributed by atoms with E-state index in [4.69, 9.17) is 0 Å². The van der Waals surface area contributed by atoms with Gasteiger partial charge in [-0.1, -0.05) is 6.92 Å². The van der Waals surface area contributed by atoms with E-state index < -0.39 is 0 Å². The van der Waals surface area contributed by atoms with Crippen LogP contribution in [0.2, 0.25) is 0 Å². The molecule has 21 heavy (non-hydrogen) atoms. The highest BCUT2D eigenvalue weighted by molar-refractivity contribution is 5.99. The third-order valence-corrected chi connectivity index (χ3v) is 4.25. The Kier molecular flexibility index (Phi) is 3.49. The first-order chi connectivity index (χ1) is 10.1. The van der Waals surface area contributed by atoms with Crippen molar-refractivity contribution < 1.29 is 4.92 Å². The molecule has 1 saturated carbocycles. The van der Waals surface area contributed by atoms with Crippen molar-refractivity contribution in [2.24, 2.45) is 11.8 Å². The van der Waals surface area contributed by atoms with Crippen molar-refractivity contribution in [2.75, 3.05) is 11.9 Å². The minimum Gasteiger partial charge on any atom is -0.384 e. The minimum absolute atomic E-state index is 0.110. The molecular weight excluding hydrogens is 266 g/mol. The number of hydrogen-bond acceptors (Lipinski definition) is 4. The number of benzene rings is 1. The molecule has 5 heteroatoms. The predicted octanol–water partition coefficient (Wildman–Crippen LogP) is 3.91. The Morgan fingerprint density at radius 3 is 2.86 bits per heavy atom. The van der Waals surface area contributed by atoms with Gasteiger partial charge in [0.15, 0.2) is 0 Å². The van der Waals surface area contributed by atoms with Crippen molar-refractivity contribution in [3.8, 4) is 0 Å². The first-order valence-corrected chi connectivity index (χ1v) is 7.34. The van der Waals surface area contributed by atoms with Gasteiger partial charge >= 0.3 is 0 Å². The summed E-state index contributed by atoms with van der Waals surface area (Å²) in [6, 6.07) is 5.27. The zero-order chi connectivity index (χ0) is 15.0. The fourth-order valence-corrected chi connectivity index (χ4v) is 2.74. The van der Waals surface area contributed by atoms with Crippen LogP contribution in [0.5, 0.6) is 0 Å². The maximum atomic E-state index is 11.1. The summed E-state index contributed by atoms with van der Waals surface area (Å²) in [6.07, 6.45) is 4.25. The van der Waals surface area contributed by atoms with E-state index in [0.717, 1.165) is 29.2 Å². The standard InChI is InChI=1S/C16H19N3O2/c1-10(12-3-4-12)8-18-15-5-6-16(19(20)21)14-9-17-11(2)7-13(14)15/h5-7,9-10,12,18H,3-4,8H2,1-2H3. The van der Waals surface area contributed by atoms with Crippen LogP contribution in [0.1, 0.15) is 25.5 Å². The van der Waals surface area contributed by atoms with Gasteiger partial charge in [0.2, 0.25) is 0 Å². The topological polar surface area (TPSA) is 68.1 Å². The molecule has 1 heterocycles. The number of nitrogens with zero attached hydrogens (tertiary/aromatic N) is 2. The third-order valence-electron chi connectivity index (χ3n) is 4.25. The molecule has 5 nitrogen and oxygen atoms in total. The van der Waals surface area contributed by atoms with Gasteiger partial charge in [-0.3, -0.25) is 15.1 Å². The van der Waals surface area contributed by atoms with Crippen molar-refractivity contribution in [1.82, 2.24) is 4.98 Å². The number of aromatic nitrogens is 1. The van der Waals surface area contributed by atoms with Crippen LogP contribution in [0.4, 0.5) is 11.4 Å². The van der Waals surface area contributed by atoms with Crippen LogP contribution >= 0.6 is 0 Å². The molecule has 2 aromatic rings. The smallest absolute Gasteiger partial charge is 0.278 e. The summed E-state index contributed by atoms with van der Waals surface area (Å²) in [5, 5.41) is 16.1. The molecule has 0 radical (unpaired) electrons. The Morgan fingerprint density at radius 2 is 2.19 bits per heavy atom. The van der Waals surface area contributed by atoms with Crippen LogP contribution in [0.3, 0.4) is 0 Å². The summed E-state index contributed by atoms with van der Waals surface area (Å²) in [5.74, 6) is 1.48. The van der Waals surface area contributed by atoms with Gasteiger partial charge < -0.3 is 5.32 Å². The van der Waals surface area contributed by atoms with Crippen LogP contribution < -0.4 is 5.32 Å². The van der Waals surface area contributed by atoms with Crippen molar-refractivity contribution in [3.05, 3.63) is 40.2 Å². The summed E-state index contributed by atoms with van der Waals surface area (Å²) in [7, 11) is 0. The molecule has 0 aliphatic heterocycles. The molecule has 0 amide bonds. The lowest BCUT2D eigenvalue weighted by molar-refractivity contribution is -0.383. The molecule has 1 fully saturated rings. The SMILES string of the molecule is Cc1cc2c(NCC(C)C3CC3)ccc([N+](=O)[O-])c2cn1. The molecule has 1 N–H and O–H groups in total. The number of non-ortho nitro benzene ring substituents is 1. The third kappa shape index (κ3) is 2.82. The van der Waals surface area contributed by atoms with E-state index in [9.17, 15) is 10.1 Å². The molecular formula is C16H19N3O2. The number of nitrogens with one attached hydrogen (secondary N) is 1. The number of aryl methyl sites for hydroxylation is 1. The summed E-state index contributed by atoms with van der Waals surface area (Å²) in [5.41, 5.74) is 1.92. The van der Waals surface area contributed by atoms with E-state index in [1.165, 1.54) is 12.8 Å². The van der Waals surface area contributed by atoms with Crippen LogP contribution in [-0.4, -0.2) is 16.5 Å². The molecule has 1 aromatic heterocycles. The second kappa shape index (κ2) is 5.31. The van der Waals surface area contributed by atoms with Gasteiger partial charge in [-0.2, -0.15) is 0 Å². The second-order valence-corrected chi connectivity index (χ2v) is 5.96. The average Bonchev–Trinajstić information content (AvgIpc) is 3.28. The number of hydrogen-bond donors (Lipinski definition) is 1. The van der Waals surface area contributed by atoms with Crippen LogP contribution in [0.15, 0.2) is 24.4 Å². The Hall–Kier alpha value is -2.17. The van der Waals surface area contributed by atoms with Gasteiger partial charge in [0, 0.05) is 35.6 Å². The van der Waals surface area contributed by atoms with E-state index >= 15 is 0 Å². The molecule has 1 aliphatic rings. The van der Waals surface area contributed by atoms with E-state index in [-0.39, 0.29) is 10.6 Å². The molecule has 110 valence electrons. The molecule has 0 spiro atoms. The molecule has 0 saturated heterocycles. The van der Waals surface area contributed by atoms with Crippen LogP contribution in [-0.2, 0) is 0 Å². The number of nitro groups is 1. The van der Waals surface area contributed by atoms with Gasteiger partial charge in [0.1, 0.15) is 0 Å². The quantitative estimate of drug-likeness (QED) is 0.668. The molecule has 0 bridgehead atoms. The Bertz CT molecular complexity index is 695. The second-order valence-electron chi connectivity index (χ2n) is 5.96. The van der Waals surface area contributed by atoms with Gasteiger partial charge in [-0.15, -0.1) is 0 Å². The average molecular weight is 285 g/mol. The number of pyridine rings is 1. The lowest BCUT2D eigenvalue weighted by Crippen LogP contribution is -2.13. The van der Waals surface area contributed by atoms with Crippen molar-refractivity contribution in [3.63, 3.8) is 0 Å². The van der Waals surface area contributed by atoms with E-state index in [1.54, 1.807) is 18.3 Å².